The van der Waals surface area contributed by atoms with Crippen molar-refractivity contribution in [3.05, 3.63) is 53.9 Å². The van der Waals surface area contributed by atoms with Crippen molar-refractivity contribution in [2.75, 3.05) is 0 Å². The third-order valence-corrected chi connectivity index (χ3v) is 2.45. The van der Waals surface area contributed by atoms with Crippen LogP contribution in [0, 0.1) is 11.3 Å². The Labute approximate surface area is 107 Å². The van der Waals surface area contributed by atoms with Gasteiger partial charge < -0.3 is 9.30 Å². The van der Waals surface area contributed by atoms with Crippen molar-refractivity contribution in [1.82, 2.24) is 4.57 Å². The minimum absolute atomic E-state index is 0.260. The zero-order chi connectivity index (χ0) is 13.9. The molecule has 0 atom stereocenters. The van der Waals surface area contributed by atoms with Crippen LogP contribution in [0.3, 0.4) is 0 Å². The van der Waals surface area contributed by atoms with Crippen molar-refractivity contribution in [1.29, 1.82) is 5.26 Å². The Morgan fingerprint density at radius 3 is 2.42 bits per heavy atom. The highest BCUT2D eigenvalue weighted by atomic mass is 19.4. The van der Waals surface area contributed by atoms with Crippen LogP contribution in [0.2, 0.25) is 0 Å². The third kappa shape index (κ3) is 3.52. The molecule has 6 heteroatoms. The predicted octanol–water partition coefficient (Wildman–Crippen LogP) is 3.31. The minimum atomic E-state index is -4.68. The molecular formula is C13H9F3N2O. The standard InChI is InChI=1S/C13H9F3N2O/c14-13(15,16)19-12-5-3-10(4-6-12)9-18-7-1-2-11(18)8-17/h1-7H,9H2. The first-order valence-corrected chi connectivity index (χ1v) is 5.38. The van der Waals surface area contributed by atoms with Crippen LogP contribution in [-0.4, -0.2) is 10.9 Å². The average molecular weight is 266 g/mol. The molecule has 2 aromatic rings. The molecule has 0 aliphatic rings. The summed E-state index contributed by atoms with van der Waals surface area (Å²) in [6.45, 7) is 0.419. The summed E-state index contributed by atoms with van der Waals surface area (Å²) in [5.74, 6) is -0.260. The van der Waals surface area contributed by atoms with Gasteiger partial charge in [-0.25, -0.2) is 0 Å². The lowest BCUT2D eigenvalue weighted by atomic mass is 10.2. The van der Waals surface area contributed by atoms with Gasteiger partial charge in [0.05, 0.1) is 0 Å². The van der Waals surface area contributed by atoms with E-state index in [4.69, 9.17) is 5.26 Å². The van der Waals surface area contributed by atoms with E-state index in [1.165, 1.54) is 24.3 Å². The van der Waals surface area contributed by atoms with Gasteiger partial charge in [-0.2, -0.15) is 5.26 Å². The van der Waals surface area contributed by atoms with Crippen molar-refractivity contribution < 1.29 is 17.9 Å². The van der Waals surface area contributed by atoms with Crippen molar-refractivity contribution >= 4 is 0 Å². The number of benzene rings is 1. The van der Waals surface area contributed by atoms with Crippen molar-refractivity contribution in [3.8, 4) is 11.8 Å². The van der Waals surface area contributed by atoms with Gasteiger partial charge in [-0.3, -0.25) is 0 Å². The molecule has 98 valence electrons. The molecule has 19 heavy (non-hydrogen) atoms. The number of nitriles is 1. The molecule has 0 amide bonds. The van der Waals surface area contributed by atoms with E-state index in [1.807, 2.05) is 6.07 Å². The van der Waals surface area contributed by atoms with E-state index in [0.717, 1.165) is 5.56 Å². The lowest BCUT2D eigenvalue weighted by molar-refractivity contribution is -0.274. The fourth-order valence-corrected chi connectivity index (χ4v) is 1.65. The Bertz CT molecular complexity index is 594. The number of alkyl halides is 3. The summed E-state index contributed by atoms with van der Waals surface area (Å²) in [6.07, 6.45) is -2.95. The SMILES string of the molecule is N#Cc1cccn1Cc1ccc(OC(F)(F)F)cc1. The number of aromatic nitrogens is 1. The van der Waals surface area contributed by atoms with Gasteiger partial charge >= 0.3 is 6.36 Å². The van der Waals surface area contributed by atoms with Crippen LogP contribution < -0.4 is 4.74 Å². The van der Waals surface area contributed by atoms with E-state index in [9.17, 15) is 13.2 Å². The first kappa shape index (κ1) is 13.0. The molecule has 1 heterocycles. The molecule has 3 nitrogen and oxygen atoms in total. The zero-order valence-corrected chi connectivity index (χ0v) is 9.69. The zero-order valence-electron chi connectivity index (χ0n) is 9.69. The number of rotatable bonds is 3. The van der Waals surface area contributed by atoms with Crippen LogP contribution in [0.5, 0.6) is 5.75 Å². The molecule has 0 saturated carbocycles. The van der Waals surface area contributed by atoms with E-state index in [-0.39, 0.29) is 5.75 Å². The normalized spacial score (nSPS) is 11.1. The number of hydrogen-bond acceptors (Lipinski definition) is 2. The van der Waals surface area contributed by atoms with Crippen molar-refractivity contribution in [2.24, 2.45) is 0 Å². The van der Waals surface area contributed by atoms with Gasteiger partial charge in [0.1, 0.15) is 17.5 Å². The van der Waals surface area contributed by atoms with Crippen molar-refractivity contribution in [3.63, 3.8) is 0 Å². The molecule has 0 fully saturated rings. The molecule has 1 aromatic heterocycles. The van der Waals surface area contributed by atoms with Gasteiger partial charge in [0, 0.05) is 12.7 Å². The maximum absolute atomic E-state index is 12.0. The monoisotopic (exact) mass is 266 g/mol. The summed E-state index contributed by atoms with van der Waals surface area (Å²) in [6, 6.07) is 11.0. The molecule has 2 rings (SSSR count). The summed E-state index contributed by atoms with van der Waals surface area (Å²) in [7, 11) is 0. The molecule has 0 aliphatic carbocycles. The molecule has 0 unspecified atom stereocenters. The van der Waals surface area contributed by atoms with Gasteiger partial charge in [-0.15, -0.1) is 13.2 Å². The van der Waals surface area contributed by atoms with Gasteiger partial charge in [0.15, 0.2) is 0 Å². The van der Waals surface area contributed by atoms with E-state index >= 15 is 0 Å². The predicted molar refractivity (Wildman–Crippen MR) is 61.4 cm³/mol. The fraction of sp³-hybridized carbons (Fsp3) is 0.154. The summed E-state index contributed by atoms with van der Waals surface area (Å²) in [5, 5.41) is 8.84. The summed E-state index contributed by atoms with van der Waals surface area (Å²) < 4.78 is 41.4. The van der Waals surface area contributed by atoms with E-state index < -0.39 is 6.36 Å². The van der Waals surface area contributed by atoms with E-state index in [0.29, 0.717) is 12.2 Å². The third-order valence-electron chi connectivity index (χ3n) is 2.45. The van der Waals surface area contributed by atoms with Crippen LogP contribution in [0.4, 0.5) is 13.2 Å². The lowest BCUT2D eigenvalue weighted by Crippen LogP contribution is -2.17. The van der Waals surface area contributed by atoms with E-state index in [1.54, 1.807) is 22.9 Å². The van der Waals surface area contributed by atoms with Gasteiger partial charge in [0.25, 0.3) is 0 Å². The number of hydrogen-bond donors (Lipinski definition) is 0. The lowest BCUT2D eigenvalue weighted by Gasteiger charge is -2.10. The largest absolute Gasteiger partial charge is 0.573 e. The molecule has 0 aliphatic heterocycles. The minimum Gasteiger partial charge on any atom is -0.406 e. The highest BCUT2D eigenvalue weighted by Gasteiger charge is 2.30. The Balaban J connectivity index is 2.09. The maximum atomic E-state index is 12.0. The molecule has 1 aromatic carbocycles. The van der Waals surface area contributed by atoms with Gasteiger partial charge in [0.2, 0.25) is 0 Å². The highest BCUT2D eigenvalue weighted by molar-refractivity contribution is 5.29. The molecule has 0 N–H and O–H groups in total. The second-order valence-corrected chi connectivity index (χ2v) is 3.82. The maximum Gasteiger partial charge on any atom is 0.573 e. The van der Waals surface area contributed by atoms with Gasteiger partial charge in [-0.05, 0) is 29.8 Å². The number of ether oxygens (including phenoxy) is 1. The van der Waals surface area contributed by atoms with Crippen LogP contribution in [0.1, 0.15) is 11.3 Å². The average Bonchev–Trinajstić information content (AvgIpc) is 2.77. The molecule has 0 bridgehead atoms. The quantitative estimate of drug-likeness (QED) is 0.854. The molecule has 0 spiro atoms. The van der Waals surface area contributed by atoms with Gasteiger partial charge in [-0.1, -0.05) is 12.1 Å². The first-order valence-electron chi connectivity index (χ1n) is 5.38. The fourth-order valence-electron chi connectivity index (χ4n) is 1.65. The van der Waals surface area contributed by atoms with Crippen LogP contribution in [0.25, 0.3) is 0 Å². The van der Waals surface area contributed by atoms with Crippen LogP contribution >= 0.6 is 0 Å². The Kier molecular flexibility index (Phi) is 3.47. The Morgan fingerprint density at radius 2 is 1.84 bits per heavy atom. The first-order chi connectivity index (χ1) is 8.98. The van der Waals surface area contributed by atoms with Crippen LogP contribution in [-0.2, 0) is 6.54 Å². The number of halogens is 3. The molecule has 0 radical (unpaired) electrons. The topological polar surface area (TPSA) is 38.0 Å². The molecule has 0 saturated heterocycles. The summed E-state index contributed by atoms with van der Waals surface area (Å²) in [4.78, 5) is 0. The summed E-state index contributed by atoms with van der Waals surface area (Å²) >= 11 is 0. The van der Waals surface area contributed by atoms with E-state index in [2.05, 4.69) is 4.74 Å². The second-order valence-electron chi connectivity index (χ2n) is 3.82. The van der Waals surface area contributed by atoms with Crippen LogP contribution in [0.15, 0.2) is 42.6 Å². The summed E-state index contributed by atoms with van der Waals surface area (Å²) in [5.41, 5.74) is 1.28. The number of nitrogens with zero attached hydrogens (tertiary/aromatic N) is 2. The smallest absolute Gasteiger partial charge is 0.406 e. The second kappa shape index (κ2) is 5.06. The Morgan fingerprint density at radius 1 is 1.16 bits per heavy atom. The van der Waals surface area contributed by atoms with Crippen molar-refractivity contribution in [2.45, 2.75) is 12.9 Å². The molecular weight excluding hydrogens is 257 g/mol. The Hall–Kier alpha value is -2.42. The highest BCUT2D eigenvalue weighted by Crippen LogP contribution is 2.23.